The maximum Gasteiger partial charge on any atom is 0.0208 e. The zero-order valence-corrected chi connectivity index (χ0v) is 18.5. The van der Waals surface area contributed by atoms with Gasteiger partial charge in [-0.2, -0.15) is 0 Å². The molecule has 0 spiro atoms. The van der Waals surface area contributed by atoms with E-state index in [2.05, 4.69) is 122 Å². The van der Waals surface area contributed by atoms with Crippen molar-refractivity contribution in [3.63, 3.8) is 0 Å². The highest BCUT2D eigenvalue weighted by molar-refractivity contribution is 5.89. The molecule has 1 N–H and O–H groups in total. The summed E-state index contributed by atoms with van der Waals surface area (Å²) in [5, 5.41) is 3.34. The van der Waals surface area contributed by atoms with Gasteiger partial charge in [0.2, 0.25) is 0 Å². The van der Waals surface area contributed by atoms with Gasteiger partial charge >= 0.3 is 0 Å². The first kappa shape index (κ1) is 20.8. The van der Waals surface area contributed by atoms with E-state index in [-0.39, 0.29) is 0 Å². The molecule has 0 radical (unpaired) electrons. The monoisotopic (exact) mass is 403 g/mol. The fraction of sp³-hybridized carbons (Fsp3) is 0.133. The van der Waals surface area contributed by atoms with E-state index in [1.807, 2.05) is 7.05 Å². The van der Waals surface area contributed by atoms with Crippen LogP contribution in [0.2, 0.25) is 0 Å². The number of hydrogen-bond donors (Lipinski definition) is 1. The van der Waals surface area contributed by atoms with Crippen LogP contribution in [0.15, 0.2) is 97.1 Å². The van der Waals surface area contributed by atoms with Gasteiger partial charge in [0.1, 0.15) is 0 Å². The molecular weight excluding hydrogens is 374 g/mol. The SMILES string of the molecule is CNC/C(=C\c1cc(-c2ccc(C)cc2)ccc1-c1ccc(C)cc1)c1ccccc1. The molecule has 0 bridgehead atoms. The van der Waals surface area contributed by atoms with Crippen molar-refractivity contribution in [3.05, 3.63) is 119 Å². The van der Waals surface area contributed by atoms with Crippen LogP contribution in [-0.4, -0.2) is 13.6 Å². The highest BCUT2D eigenvalue weighted by atomic mass is 14.8. The molecule has 4 rings (SSSR count). The summed E-state index contributed by atoms with van der Waals surface area (Å²) in [6, 6.07) is 35.0. The molecule has 0 unspecified atom stereocenters. The molecule has 1 heteroatoms. The molecular formula is C30H29N. The summed E-state index contributed by atoms with van der Waals surface area (Å²) in [6.45, 7) is 5.07. The van der Waals surface area contributed by atoms with E-state index in [4.69, 9.17) is 0 Å². The van der Waals surface area contributed by atoms with Crippen molar-refractivity contribution >= 4 is 11.6 Å². The lowest BCUT2D eigenvalue weighted by Gasteiger charge is -2.14. The molecule has 4 aromatic carbocycles. The van der Waals surface area contributed by atoms with Crippen LogP contribution in [0.1, 0.15) is 22.3 Å². The van der Waals surface area contributed by atoms with E-state index < -0.39 is 0 Å². The minimum Gasteiger partial charge on any atom is -0.316 e. The van der Waals surface area contributed by atoms with Gasteiger partial charge < -0.3 is 5.32 Å². The third-order valence-corrected chi connectivity index (χ3v) is 5.64. The molecule has 1 nitrogen and oxygen atoms in total. The number of likely N-dealkylation sites (N-methyl/N-ethyl adjacent to an activating group) is 1. The number of benzene rings is 4. The Kier molecular flexibility index (Phi) is 6.45. The zero-order valence-electron chi connectivity index (χ0n) is 18.5. The lowest BCUT2D eigenvalue weighted by Crippen LogP contribution is -2.09. The Morgan fingerprint density at radius 2 is 1.26 bits per heavy atom. The average molecular weight is 404 g/mol. The summed E-state index contributed by atoms with van der Waals surface area (Å²) in [4.78, 5) is 0. The largest absolute Gasteiger partial charge is 0.316 e. The molecule has 0 saturated carbocycles. The summed E-state index contributed by atoms with van der Waals surface area (Å²) < 4.78 is 0. The summed E-state index contributed by atoms with van der Waals surface area (Å²) >= 11 is 0. The van der Waals surface area contributed by atoms with Gasteiger partial charge in [0, 0.05) is 6.54 Å². The van der Waals surface area contributed by atoms with Crippen molar-refractivity contribution in [2.75, 3.05) is 13.6 Å². The molecule has 0 atom stereocenters. The molecule has 0 aromatic heterocycles. The molecule has 0 heterocycles. The first-order valence-electron chi connectivity index (χ1n) is 10.8. The summed E-state index contributed by atoms with van der Waals surface area (Å²) in [7, 11) is 2.00. The van der Waals surface area contributed by atoms with Crippen LogP contribution in [0.3, 0.4) is 0 Å². The highest BCUT2D eigenvalue weighted by Gasteiger charge is 2.09. The van der Waals surface area contributed by atoms with Crippen molar-refractivity contribution in [1.29, 1.82) is 0 Å². The van der Waals surface area contributed by atoms with E-state index in [0.717, 1.165) is 6.54 Å². The van der Waals surface area contributed by atoms with Crippen LogP contribution in [0.4, 0.5) is 0 Å². The summed E-state index contributed by atoms with van der Waals surface area (Å²) in [5.41, 5.74) is 11.3. The van der Waals surface area contributed by atoms with Crippen molar-refractivity contribution in [3.8, 4) is 22.3 Å². The zero-order chi connectivity index (χ0) is 21.6. The van der Waals surface area contributed by atoms with E-state index in [1.165, 1.54) is 50.1 Å². The molecule has 0 aliphatic rings. The van der Waals surface area contributed by atoms with Crippen LogP contribution in [0.5, 0.6) is 0 Å². The first-order valence-corrected chi connectivity index (χ1v) is 10.8. The minimum absolute atomic E-state index is 0.812. The van der Waals surface area contributed by atoms with Crippen LogP contribution in [0.25, 0.3) is 33.9 Å². The smallest absolute Gasteiger partial charge is 0.0208 e. The Morgan fingerprint density at radius 1 is 0.677 bits per heavy atom. The Morgan fingerprint density at radius 3 is 1.87 bits per heavy atom. The van der Waals surface area contributed by atoms with Gasteiger partial charge in [0.05, 0.1) is 0 Å². The van der Waals surface area contributed by atoms with Crippen LogP contribution >= 0.6 is 0 Å². The highest BCUT2D eigenvalue weighted by Crippen LogP contribution is 2.32. The Hall–Kier alpha value is -3.42. The molecule has 31 heavy (non-hydrogen) atoms. The number of aryl methyl sites for hydroxylation is 2. The third-order valence-electron chi connectivity index (χ3n) is 5.64. The van der Waals surface area contributed by atoms with Gasteiger partial charge in [0.15, 0.2) is 0 Å². The molecule has 0 aliphatic heterocycles. The molecule has 0 amide bonds. The van der Waals surface area contributed by atoms with Gasteiger partial charge in [-0.25, -0.2) is 0 Å². The lowest BCUT2D eigenvalue weighted by atomic mass is 9.92. The second-order valence-corrected chi connectivity index (χ2v) is 8.10. The van der Waals surface area contributed by atoms with Gasteiger partial charge in [-0.3, -0.25) is 0 Å². The average Bonchev–Trinajstić information content (AvgIpc) is 2.80. The van der Waals surface area contributed by atoms with E-state index in [1.54, 1.807) is 0 Å². The molecule has 0 saturated heterocycles. The number of hydrogen-bond acceptors (Lipinski definition) is 1. The summed E-state index contributed by atoms with van der Waals surface area (Å²) in [6.07, 6.45) is 2.33. The van der Waals surface area contributed by atoms with E-state index in [0.29, 0.717) is 0 Å². The van der Waals surface area contributed by atoms with Gasteiger partial charge in [-0.1, -0.05) is 102 Å². The topological polar surface area (TPSA) is 12.0 Å². The predicted octanol–water partition coefficient (Wildman–Crippen LogP) is 7.40. The maximum atomic E-state index is 3.34. The van der Waals surface area contributed by atoms with Gasteiger partial charge in [-0.05, 0) is 72.0 Å². The molecule has 154 valence electrons. The van der Waals surface area contributed by atoms with Crippen molar-refractivity contribution < 1.29 is 0 Å². The van der Waals surface area contributed by atoms with Gasteiger partial charge in [-0.15, -0.1) is 0 Å². The van der Waals surface area contributed by atoms with Crippen LogP contribution < -0.4 is 5.32 Å². The molecule has 0 aliphatic carbocycles. The third kappa shape index (κ3) is 5.02. The fourth-order valence-corrected chi connectivity index (χ4v) is 3.87. The van der Waals surface area contributed by atoms with Crippen molar-refractivity contribution in [2.24, 2.45) is 0 Å². The van der Waals surface area contributed by atoms with Crippen LogP contribution in [-0.2, 0) is 0 Å². The van der Waals surface area contributed by atoms with Crippen molar-refractivity contribution in [2.45, 2.75) is 13.8 Å². The second-order valence-electron chi connectivity index (χ2n) is 8.10. The Bertz CT molecular complexity index is 1170. The Labute approximate surface area is 186 Å². The number of rotatable bonds is 6. The minimum atomic E-state index is 0.812. The lowest BCUT2D eigenvalue weighted by molar-refractivity contribution is 0.933. The molecule has 0 fully saturated rings. The van der Waals surface area contributed by atoms with Crippen molar-refractivity contribution in [1.82, 2.24) is 5.32 Å². The quantitative estimate of drug-likeness (QED) is 0.331. The van der Waals surface area contributed by atoms with Gasteiger partial charge in [0.25, 0.3) is 0 Å². The fourth-order valence-electron chi connectivity index (χ4n) is 3.87. The van der Waals surface area contributed by atoms with E-state index >= 15 is 0 Å². The second kappa shape index (κ2) is 9.59. The van der Waals surface area contributed by atoms with E-state index in [9.17, 15) is 0 Å². The number of nitrogens with one attached hydrogen (secondary N) is 1. The first-order chi connectivity index (χ1) is 15.1. The normalized spacial score (nSPS) is 11.5. The standard InChI is InChI=1S/C30H29N/c1-22-9-13-25(14-10-22)27-17-18-30(26-15-11-23(2)12-16-26)28(19-27)20-29(21-31-3)24-7-5-4-6-8-24/h4-20,31H,21H2,1-3H3/b29-20+. The predicted molar refractivity (Wildman–Crippen MR) is 135 cm³/mol. The summed E-state index contributed by atoms with van der Waals surface area (Å²) in [5.74, 6) is 0. The Balaban J connectivity index is 1.88. The molecule has 4 aromatic rings. The maximum absolute atomic E-state index is 3.34. The van der Waals surface area contributed by atoms with Crippen LogP contribution in [0, 0.1) is 13.8 Å².